The Morgan fingerprint density at radius 3 is 2.19 bits per heavy atom. The van der Waals surface area contributed by atoms with Gasteiger partial charge in [0.15, 0.2) is 0 Å². The van der Waals surface area contributed by atoms with Gasteiger partial charge in [-0.1, -0.05) is 32.6 Å². The largest absolute Gasteiger partial charge is 0.313 e. The van der Waals surface area contributed by atoms with E-state index in [0.717, 1.165) is 13.1 Å². The zero-order valence-corrected chi connectivity index (χ0v) is 12.0. The summed E-state index contributed by atoms with van der Waals surface area (Å²) in [5.41, 5.74) is 0.233. The lowest BCUT2D eigenvalue weighted by atomic mass is 10.1. The second kappa shape index (κ2) is 9.00. The van der Waals surface area contributed by atoms with Gasteiger partial charge in [0.2, 0.25) is 0 Å². The number of hydrogen-bond donors (Lipinski definition) is 2. The minimum atomic E-state index is 0.233. The van der Waals surface area contributed by atoms with E-state index >= 15 is 0 Å². The standard InChI is InChI=1S/C14H32N2/c1-6-7-8-9-10-11-15-13(2)12-16-14(3,4)5/h13,15-16H,6-12H2,1-5H3. The lowest BCUT2D eigenvalue weighted by molar-refractivity contribution is 0.386. The molecule has 1 atom stereocenters. The van der Waals surface area contributed by atoms with Gasteiger partial charge in [0.05, 0.1) is 0 Å². The molecule has 0 aromatic heterocycles. The summed E-state index contributed by atoms with van der Waals surface area (Å²) >= 11 is 0. The van der Waals surface area contributed by atoms with E-state index in [0.29, 0.717) is 6.04 Å². The van der Waals surface area contributed by atoms with Crippen molar-refractivity contribution in [1.29, 1.82) is 0 Å². The van der Waals surface area contributed by atoms with E-state index in [1.165, 1.54) is 32.1 Å². The molecule has 2 heteroatoms. The van der Waals surface area contributed by atoms with Crippen molar-refractivity contribution in [3.8, 4) is 0 Å². The Bertz CT molecular complexity index is 149. The molecule has 16 heavy (non-hydrogen) atoms. The highest BCUT2D eigenvalue weighted by atomic mass is 15.0. The fourth-order valence-corrected chi connectivity index (χ4v) is 1.61. The quantitative estimate of drug-likeness (QED) is 0.592. The van der Waals surface area contributed by atoms with Crippen molar-refractivity contribution in [2.24, 2.45) is 0 Å². The summed E-state index contributed by atoms with van der Waals surface area (Å²) in [5.74, 6) is 0. The molecule has 0 saturated heterocycles. The predicted molar refractivity (Wildman–Crippen MR) is 74.0 cm³/mol. The number of hydrogen-bond acceptors (Lipinski definition) is 2. The van der Waals surface area contributed by atoms with Crippen molar-refractivity contribution in [3.63, 3.8) is 0 Å². The summed E-state index contributed by atoms with van der Waals surface area (Å²) in [7, 11) is 0. The molecule has 2 N–H and O–H groups in total. The molecule has 0 radical (unpaired) electrons. The van der Waals surface area contributed by atoms with Crippen LogP contribution in [-0.4, -0.2) is 24.7 Å². The third-order valence-corrected chi connectivity index (χ3v) is 2.71. The highest BCUT2D eigenvalue weighted by molar-refractivity contribution is 4.74. The van der Waals surface area contributed by atoms with Crippen LogP contribution in [0.5, 0.6) is 0 Å². The van der Waals surface area contributed by atoms with Crippen LogP contribution >= 0.6 is 0 Å². The lowest BCUT2D eigenvalue weighted by Crippen LogP contribution is -2.44. The highest BCUT2D eigenvalue weighted by Gasteiger charge is 2.10. The first kappa shape index (κ1) is 15.9. The molecule has 0 aromatic carbocycles. The maximum absolute atomic E-state index is 3.57. The van der Waals surface area contributed by atoms with Crippen LogP contribution in [0.1, 0.15) is 66.7 Å². The number of rotatable bonds is 9. The van der Waals surface area contributed by atoms with Gasteiger partial charge in [0.25, 0.3) is 0 Å². The van der Waals surface area contributed by atoms with Crippen LogP contribution in [0.25, 0.3) is 0 Å². The summed E-state index contributed by atoms with van der Waals surface area (Å²) in [5, 5.41) is 7.09. The van der Waals surface area contributed by atoms with Gasteiger partial charge in [-0.3, -0.25) is 0 Å². The Labute approximate surface area is 103 Å². The summed E-state index contributed by atoms with van der Waals surface area (Å²) in [6.07, 6.45) is 6.81. The molecular weight excluding hydrogens is 196 g/mol. The summed E-state index contributed by atoms with van der Waals surface area (Å²) in [6.45, 7) is 13.4. The summed E-state index contributed by atoms with van der Waals surface area (Å²) in [4.78, 5) is 0. The smallest absolute Gasteiger partial charge is 0.0164 e. The highest BCUT2D eigenvalue weighted by Crippen LogP contribution is 2.02. The predicted octanol–water partition coefficient (Wildman–Crippen LogP) is 3.32. The van der Waals surface area contributed by atoms with Crippen molar-refractivity contribution < 1.29 is 0 Å². The lowest BCUT2D eigenvalue weighted by Gasteiger charge is -2.24. The van der Waals surface area contributed by atoms with Gasteiger partial charge in [-0.2, -0.15) is 0 Å². The monoisotopic (exact) mass is 228 g/mol. The average Bonchev–Trinajstić information content (AvgIpc) is 2.19. The number of nitrogens with one attached hydrogen (secondary N) is 2. The Kier molecular flexibility index (Phi) is 8.96. The molecule has 98 valence electrons. The first-order chi connectivity index (χ1) is 7.45. The van der Waals surface area contributed by atoms with Gasteiger partial charge in [0, 0.05) is 18.1 Å². The normalized spacial score (nSPS) is 14.1. The van der Waals surface area contributed by atoms with E-state index in [-0.39, 0.29) is 5.54 Å². The van der Waals surface area contributed by atoms with Gasteiger partial charge < -0.3 is 10.6 Å². The van der Waals surface area contributed by atoms with Crippen LogP contribution in [0.15, 0.2) is 0 Å². The van der Waals surface area contributed by atoms with E-state index in [1.807, 2.05) is 0 Å². The molecule has 0 aliphatic heterocycles. The SMILES string of the molecule is CCCCCCCNC(C)CNC(C)(C)C. The molecule has 0 rings (SSSR count). The Morgan fingerprint density at radius 2 is 1.62 bits per heavy atom. The Hall–Kier alpha value is -0.0800. The molecule has 1 unspecified atom stereocenters. The van der Waals surface area contributed by atoms with Crippen molar-refractivity contribution >= 4 is 0 Å². The molecular formula is C14H32N2. The summed E-state index contributed by atoms with van der Waals surface area (Å²) in [6, 6.07) is 0.574. The summed E-state index contributed by atoms with van der Waals surface area (Å²) < 4.78 is 0. The fraction of sp³-hybridized carbons (Fsp3) is 1.00. The van der Waals surface area contributed by atoms with E-state index < -0.39 is 0 Å². The van der Waals surface area contributed by atoms with Gasteiger partial charge >= 0.3 is 0 Å². The Morgan fingerprint density at radius 1 is 1.00 bits per heavy atom. The molecule has 0 aliphatic carbocycles. The van der Waals surface area contributed by atoms with Crippen molar-refractivity contribution in [1.82, 2.24) is 10.6 Å². The minimum absolute atomic E-state index is 0.233. The molecule has 0 fully saturated rings. The molecule has 0 spiro atoms. The maximum Gasteiger partial charge on any atom is 0.0164 e. The van der Waals surface area contributed by atoms with Crippen LogP contribution in [0.2, 0.25) is 0 Å². The third kappa shape index (κ3) is 12.0. The van der Waals surface area contributed by atoms with E-state index in [1.54, 1.807) is 0 Å². The third-order valence-electron chi connectivity index (χ3n) is 2.71. The van der Waals surface area contributed by atoms with E-state index in [9.17, 15) is 0 Å². The van der Waals surface area contributed by atoms with E-state index in [2.05, 4.69) is 45.3 Å². The second-order valence-corrected chi connectivity index (χ2v) is 5.90. The van der Waals surface area contributed by atoms with E-state index in [4.69, 9.17) is 0 Å². The van der Waals surface area contributed by atoms with Crippen LogP contribution in [-0.2, 0) is 0 Å². The van der Waals surface area contributed by atoms with Gasteiger partial charge in [-0.15, -0.1) is 0 Å². The van der Waals surface area contributed by atoms with Gasteiger partial charge in [0.1, 0.15) is 0 Å². The average molecular weight is 228 g/mol. The topological polar surface area (TPSA) is 24.1 Å². The van der Waals surface area contributed by atoms with Crippen molar-refractivity contribution in [2.45, 2.75) is 78.3 Å². The van der Waals surface area contributed by atoms with Crippen LogP contribution in [0.4, 0.5) is 0 Å². The van der Waals surface area contributed by atoms with Gasteiger partial charge in [-0.25, -0.2) is 0 Å². The first-order valence-corrected chi connectivity index (χ1v) is 6.94. The zero-order valence-electron chi connectivity index (χ0n) is 12.0. The molecule has 0 amide bonds. The Balaban J connectivity index is 3.27. The molecule has 0 bridgehead atoms. The van der Waals surface area contributed by atoms with Crippen LogP contribution < -0.4 is 10.6 Å². The minimum Gasteiger partial charge on any atom is -0.313 e. The van der Waals surface area contributed by atoms with Crippen molar-refractivity contribution in [2.75, 3.05) is 13.1 Å². The molecule has 2 nitrogen and oxygen atoms in total. The maximum atomic E-state index is 3.57. The van der Waals surface area contributed by atoms with Crippen LogP contribution in [0.3, 0.4) is 0 Å². The molecule has 0 aromatic rings. The number of unbranched alkanes of at least 4 members (excludes halogenated alkanes) is 4. The van der Waals surface area contributed by atoms with Crippen molar-refractivity contribution in [3.05, 3.63) is 0 Å². The molecule has 0 saturated carbocycles. The zero-order chi connectivity index (χ0) is 12.4. The fourth-order valence-electron chi connectivity index (χ4n) is 1.61. The molecule has 0 heterocycles. The van der Waals surface area contributed by atoms with Gasteiger partial charge in [-0.05, 0) is 40.7 Å². The van der Waals surface area contributed by atoms with Crippen LogP contribution in [0, 0.1) is 0 Å². The second-order valence-electron chi connectivity index (χ2n) is 5.90. The first-order valence-electron chi connectivity index (χ1n) is 6.94. The molecule has 0 aliphatic rings.